The van der Waals surface area contributed by atoms with Crippen molar-refractivity contribution in [2.24, 2.45) is 0 Å². The highest BCUT2D eigenvalue weighted by atomic mass is 16.7. The Kier molecular flexibility index (Phi) is 2.27. The Labute approximate surface area is 75.2 Å². The van der Waals surface area contributed by atoms with E-state index < -0.39 is 0 Å². The Morgan fingerprint density at radius 2 is 2.46 bits per heavy atom. The van der Waals surface area contributed by atoms with Gasteiger partial charge in [-0.05, 0) is 12.8 Å². The van der Waals surface area contributed by atoms with Gasteiger partial charge in [0.25, 0.3) is 5.91 Å². The van der Waals surface area contributed by atoms with Gasteiger partial charge in [-0.25, -0.2) is 5.06 Å². The summed E-state index contributed by atoms with van der Waals surface area (Å²) in [5, 5.41) is 4.82. The second kappa shape index (κ2) is 3.57. The molecule has 1 amide bonds. The molecule has 2 heterocycles. The summed E-state index contributed by atoms with van der Waals surface area (Å²) in [6, 6.07) is 0. The van der Waals surface area contributed by atoms with Gasteiger partial charge in [0, 0.05) is 6.54 Å². The lowest BCUT2D eigenvalue weighted by Crippen LogP contribution is -2.35. The van der Waals surface area contributed by atoms with E-state index in [1.54, 1.807) is 0 Å². The van der Waals surface area contributed by atoms with Crippen LogP contribution in [0.4, 0.5) is 0 Å². The standard InChI is InChI=1S/C8H10N2O3/c11-8(7-5-9-12-6-7)10-3-1-2-4-13-10/h5-6H,1-4H2. The van der Waals surface area contributed by atoms with E-state index in [2.05, 4.69) is 9.68 Å². The Morgan fingerprint density at radius 1 is 1.54 bits per heavy atom. The third kappa shape index (κ3) is 1.70. The minimum atomic E-state index is -0.180. The summed E-state index contributed by atoms with van der Waals surface area (Å²) in [7, 11) is 0. The van der Waals surface area contributed by atoms with Crippen molar-refractivity contribution in [3.63, 3.8) is 0 Å². The maximum atomic E-state index is 11.6. The van der Waals surface area contributed by atoms with Gasteiger partial charge in [0.15, 0.2) is 0 Å². The highest BCUT2D eigenvalue weighted by Crippen LogP contribution is 2.10. The van der Waals surface area contributed by atoms with Gasteiger partial charge in [-0.3, -0.25) is 9.63 Å². The predicted molar refractivity (Wildman–Crippen MR) is 42.7 cm³/mol. The van der Waals surface area contributed by atoms with Crippen molar-refractivity contribution in [1.82, 2.24) is 10.2 Å². The molecule has 1 fully saturated rings. The van der Waals surface area contributed by atoms with Crippen LogP contribution < -0.4 is 0 Å². The number of carbonyl (C=O) groups is 1. The normalized spacial score (nSPS) is 17.4. The summed E-state index contributed by atoms with van der Waals surface area (Å²) < 4.78 is 4.57. The van der Waals surface area contributed by atoms with Gasteiger partial charge in [-0.1, -0.05) is 5.16 Å². The van der Waals surface area contributed by atoms with Crippen molar-refractivity contribution in [3.05, 3.63) is 18.0 Å². The van der Waals surface area contributed by atoms with Crippen LogP contribution in [0.5, 0.6) is 0 Å². The lowest BCUT2D eigenvalue weighted by molar-refractivity contribution is -0.144. The van der Waals surface area contributed by atoms with Crippen molar-refractivity contribution in [2.75, 3.05) is 13.2 Å². The zero-order valence-corrected chi connectivity index (χ0v) is 7.10. The molecule has 0 saturated carbocycles. The number of hydroxylamine groups is 2. The van der Waals surface area contributed by atoms with Crippen molar-refractivity contribution < 1.29 is 14.2 Å². The molecule has 0 aromatic carbocycles. The lowest BCUT2D eigenvalue weighted by Gasteiger charge is -2.24. The number of rotatable bonds is 1. The minimum Gasteiger partial charge on any atom is -0.364 e. The molecular formula is C8H10N2O3. The number of amides is 1. The fourth-order valence-electron chi connectivity index (χ4n) is 1.21. The maximum Gasteiger partial charge on any atom is 0.282 e. The molecule has 1 aromatic heterocycles. The molecule has 70 valence electrons. The molecule has 13 heavy (non-hydrogen) atoms. The summed E-state index contributed by atoms with van der Waals surface area (Å²) in [5.41, 5.74) is 0.432. The van der Waals surface area contributed by atoms with Gasteiger partial charge in [0.05, 0.1) is 12.8 Å². The number of hydrogen-bond acceptors (Lipinski definition) is 4. The molecule has 5 nitrogen and oxygen atoms in total. The van der Waals surface area contributed by atoms with Crippen LogP contribution in [0.2, 0.25) is 0 Å². The Balaban J connectivity index is 2.04. The van der Waals surface area contributed by atoms with Crippen LogP contribution >= 0.6 is 0 Å². The molecular weight excluding hydrogens is 172 g/mol. The van der Waals surface area contributed by atoms with Crippen LogP contribution in [0.25, 0.3) is 0 Å². The van der Waals surface area contributed by atoms with E-state index in [1.807, 2.05) is 0 Å². The predicted octanol–water partition coefficient (Wildman–Crippen LogP) is 0.842. The molecule has 0 spiro atoms. The van der Waals surface area contributed by atoms with Crippen molar-refractivity contribution in [2.45, 2.75) is 12.8 Å². The summed E-state index contributed by atoms with van der Waals surface area (Å²) in [6.45, 7) is 1.25. The van der Waals surface area contributed by atoms with Crippen LogP contribution in [0, 0.1) is 0 Å². The monoisotopic (exact) mass is 182 g/mol. The van der Waals surface area contributed by atoms with Gasteiger partial charge in [0.2, 0.25) is 0 Å². The number of nitrogens with zero attached hydrogens (tertiary/aromatic N) is 2. The van der Waals surface area contributed by atoms with Gasteiger partial charge in [-0.2, -0.15) is 0 Å². The van der Waals surface area contributed by atoms with E-state index in [4.69, 9.17) is 4.84 Å². The molecule has 0 unspecified atom stereocenters. The minimum absolute atomic E-state index is 0.180. The van der Waals surface area contributed by atoms with Crippen molar-refractivity contribution in [3.8, 4) is 0 Å². The average Bonchev–Trinajstić information content (AvgIpc) is 2.71. The Hall–Kier alpha value is -1.36. The highest BCUT2D eigenvalue weighted by molar-refractivity contribution is 5.92. The molecule has 2 rings (SSSR count). The first kappa shape index (κ1) is 8.25. The van der Waals surface area contributed by atoms with Gasteiger partial charge in [-0.15, -0.1) is 0 Å². The smallest absolute Gasteiger partial charge is 0.282 e. The van der Waals surface area contributed by atoms with Crippen LogP contribution in [0.3, 0.4) is 0 Å². The largest absolute Gasteiger partial charge is 0.364 e. The fraction of sp³-hybridized carbons (Fsp3) is 0.500. The Morgan fingerprint density at radius 3 is 3.08 bits per heavy atom. The lowest BCUT2D eigenvalue weighted by atomic mass is 10.2. The first-order valence-electron chi connectivity index (χ1n) is 4.22. The molecule has 0 atom stereocenters. The van der Waals surface area contributed by atoms with Crippen LogP contribution in [-0.4, -0.2) is 29.3 Å². The third-order valence-corrected chi connectivity index (χ3v) is 1.91. The molecule has 1 aliphatic heterocycles. The quantitative estimate of drug-likeness (QED) is 0.645. The topological polar surface area (TPSA) is 55.6 Å². The van der Waals surface area contributed by atoms with Gasteiger partial charge >= 0.3 is 0 Å². The van der Waals surface area contributed by atoms with E-state index in [0.29, 0.717) is 18.7 Å². The average molecular weight is 182 g/mol. The highest BCUT2D eigenvalue weighted by Gasteiger charge is 2.20. The summed E-state index contributed by atoms with van der Waals surface area (Å²) in [4.78, 5) is 16.7. The number of carbonyl (C=O) groups excluding carboxylic acids is 1. The maximum absolute atomic E-state index is 11.6. The second-order valence-corrected chi connectivity index (χ2v) is 2.86. The van der Waals surface area contributed by atoms with Gasteiger partial charge in [0.1, 0.15) is 11.8 Å². The van der Waals surface area contributed by atoms with Crippen LogP contribution in [0.1, 0.15) is 23.2 Å². The molecule has 0 bridgehead atoms. The summed E-state index contributed by atoms with van der Waals surface area (Å²) in [5.74, 6) is -0.180. The number of aromatic nitrogens is 1. The Bertz CT molecular complexity index is 278. The molecule has 0 radical (unpaired) electrons. The second-order valence-electron chi connectivity index (χ2n) is 2.86. The molecule has 1 aliphatic rings. The van der Waals surface area contributed by atoms with E-state index in [0.717, 1.165) is 12.8 Å². The fourth-order valence-corrected chi connectivity index (χ4v) is 1.21. The first-order chi connectivity index (χ1) is 6.38. The van der Waals surface area contributed by atoms with Crippen molar-refractivity contribution >= 4 is 5.91 Å². The molecule has 0 aliphatic carbocycles. The molecule has 5 heteroatoms. The van der Waals surface area contributed by atoms with E-state index >= 15 is 0 Å². The van der Waals surface area contributed by atoms with Crippen molar-refractivity contribution in [1.29, 1.82) is 0 Å². The zero-order valence-electron chi connectivity index (χ0n) is 7.10. The van der Waals surface area contributed by atoms with E-state index in [-0.39, 0.29) is 5.91 Å². The summed E-state index contributed by atoms with van der Waals surface area (Å²) >= 11 is 0. The molecule has 1 saturated heterocycles. The van der Waals surface area contributed by atoms with Gasteiger partial charge < -0.3 is 4.52 Å². The molecule has 1 aromatic rings. The number of hydrogen-bond donors (Lipinski definition) is 0. The van der Waals surface area contributed by atoms with Crippen LogP contribution in [0.15, 0.2) is 17.0 Å². The van der Waals surface area contributed by atoms with E-state index in [1.165, 1.54) is 17.5 Å². The SMILES string of the molecule is O=C(c1cnoc1)N1CCCCO1. The summed E-state index contributed by atoms with van der Waals surface area (Å²) in [6.07, 6.45) is 4.70. The van der Waals surface area contributed by atoms with Crippen LogP contribution in [-0.2, 0) is 4.84 Å². The molecule has 0 N–H and O–H groups in total. The third-order valence-electron chi connectivity index (χ3n) is 1.91. The zero-order chi connectivity index (χ0) is 9.10. The van der Waals surface area contributed by atoms with E-state index in [9.17, 15) is 4.79 Å². The first-order valence-corrected chi connectivity index (χ1v) is 4.22.